The zero-order valence-corrected chi connectivity index (χ0v) is 22.9. The Kier molecular flexibility index (Phi) is 10.2. The number of nitrogens with one attached hydrogen (secondary N) is 1. The minimum Gasteiger partial charge on any atom is -0.444 e. The lowest BCUT2D eigenvalue weighted by Crippen LogP contribution is -2.58. The molecule has 1 aliphatic heterocycles. The summed E-state index contributed by atoms with van der Waals surface area (Å²) in [6, 6.07) is 6.27. The molecule has 2 amide bonds. The van der Waals surface area contributed by atoms with Crippen molar-refractivity contribution in [2.75, 3.05) is 18.4 Å². The molecule has 1 aliphatic rings. The molecule has 2 rings (SSSR count). The highest BCUT2D eigenvalue weighted by molar-refractivity contribution is 5.85. The molecule has 11 nitrogen and oxygen atoms in total. The summed E-state index contributed by atoms with van der Waals surface area (Å²) in [5, 5.41) is 14.6. The predicted octanol–water partition coefficient (Wildman–Crippen LogP) is 2.94. The van der Waals surface area contributed by atoms with Crippen LogP contribution in [0.15, 0.2) is 30.5 Å². The first-order valence-corrected chi connectivity index (χ1v) is 12.7. The molecule has 0 bridgehead atoms. The number of nitrogens with zero attached hydrogens (tertiary/aromatic N) is 2. The van der Waals surface area contributed by atoms with Crippen LogP contribution < -0.4 is 22.6 Å². The van der Waals surface area contributed by atoms with Crippen molar-refractivity contribution in [2.24, 2.45) is 17.3 Å². The third-order valence-corrected chi connectivity index (χ3v) is 6.22. The number of anilines is 1. The molecule has 4 atom stereocenters. The van der Waals surface area contributed by atoms with Crippen LogP contribution in [-0.2, 0) is 9.47 Å². The van der Waals surface area contributed by atoms with Crippen molar-refractivity contribution in [2.45, 2.75) is 90.2 Å². The van der Waals surface area contributed by atoms with Gasteiger partial charge in [-0.05, 0) is 66.0 Å². The van der Waals surface area contributed by atoms with Crippen LogP contribution in [0.3, 0.4) is 0 Å². The van der Waals surface area contributed by atoms with E-state index in [1.54, 1.807) is 57.0 Å². The maximum atomic E-state index is 12.6. The van der Waals surface area contributed by atoms with Crippen molar-refractivity contribution in [3.8, 4) is 0 Å². The Labute approximate surface area is 219 Å². The normalized spacial score (nSPS) is 21.9. The lowest BCUT2D eigenvalue weighted by molar-refractivity contribution is -0.0645. The highest BCUT2D eigenvalue weighted by Gasteiger charge is 2.55. The summed E-state index contributed by atoms with van der Waals surface area (Å²) in [7, 11) is 0. The average Bonchev–Trinajstić information content (AvgIpc) is 3.05. The van der Waals surface area contributed by atoms with E-state index in [9.17, 15) is 14.7 Å². The Morgan fingerprint density at radius 2 is 2.05 bits per heavy atom. The van der Waals surface area contributed by atoms with Gasteiger partial charge < -0.3 is 31.1 Å². The number of aliphatic hydroxyl groups excluding tert-OH is 1. The van der Waals surface area contributed by atoms with Crippen LogP contribution in [0.4, 0.5) is 15.3 Å². The first-order chi connectivity index (χ1) is 17.2. The number of ether oxygens (including phenoxy) is 2. The van der Waals surface area contributed by atoms with Gasteiger partial charge in [0.05, 0.1) is 17.8 Å². The van der Waals surface area contributed by atoms with Gasteiger partial charge in [-0.2, -0.15) is 0 Å². The van der Waals surface area contributed by atoms with Crippen molar-refractivity contribution in [1.29, 1.82) is 0 Å². The number of carbonyl (C=O) groups excluding carboxylic acids is 2. The second kappa shape index (κ2) is 12.5. The van der Waals surface area contributed by atoms with Crippen LogP contribution in [-0.4, -0.2) is 69.7 Å². The number of cyclic esters (lactones) is 1. The first-order valence-electron chi connectivity index (χ1n) is 12.7. The number of benzene rings is 1. The number of hydrogen-bond donors (Lipinski definition) is 5. The zero-order chi connectivity index (χ0) is 28.0. The lowest BCUT2D eigenvalue weighted by Gasteiger charge is -2.37. The molecule has 1 saturated heterocycles. The third kappa shape index (κ3) is 8.24. The van der Waals surface area contributed by atoms with E-state index in [4.69, 9.17) is 26.8 Å². The summed E-state index contributed by atoms with van der Waals surface area (Å²) in [6.45, 7) is 11.7. The molecule has 208 valence electrons. The van der Waals surface area contributed by atoms with Gasteiger partial charge in [-0.1, -0.05) is 19.1 Å². The van der Waals surface area contributed by atoms with E-state index in [1.807, 2.05) is 19.9 Å². The number of hydrazine groups is 1. The molecule has 1 aromatic carbocycles. The fourth-order valence-corrected chi connectivity index (χ4v) is 4.53. The van der Waals surface area contributed by atoms with Crippen LogP contribution in [0, 0.1) is 0 Å². The van der Waals surface area contributed by atoms with Crippen LogP contribution in [0.2, 0.25) is 0 Å². The number of rotatable bonds is 11. The molecule has 8 N–H and O–H groups in total. The number of aliphatic hydroxyl groups is 1. The van der Waals surface area contributed by atoms with Crippen LogP contribution >= 0.6 is 0 Å². The number of nitrogens with two attached hydrogens (primary N) is 3. The van der Waals surface area contributed by atoms with E-state index >= 15 is 0 Å². The third-order valence-electron chi connectivity index (χ3n) is 6.22. The van der Waals surface area contributed by atoms with Gasteiger partial charge in [0.2, 0.25) is 0 Å². The second-order valence-corrected chi connectivity index (χ2v) is 10.7. The van der Waals surface area contributed by atoms with Crippen LogP contribution in [0.5, 0.6) is 0 Å². The molecule has 0 saturated carbocycles. The van der Waals surface area contributed by atoms with Gasteiger partial charge in [0, 0.05) is 36.6 Å². The standard InChI is InChI=1S/C26H44N6O5/c1-7-21(33)26(6)22(17(2)27)32(24(35)37-26)14-9-8-13-31(29)16-20(28)18-11-10-12-19(15-18)30-23(34)36-25(3,4)5/h10-12,15-17,21-22,33H,7-9,13-14,27-29H2,1-6H3,(H,30,34)/b20-16-/t17-,21-,22-,26-/m1/s1. The highest BCUT2D eigenvalue weighted by Crippen LogP contribution is 2.35. The molecule has 0 aromatic heterocycles. The summed E-state index contributed by atoms with van der Waals surface area (Å²) in [6.07, 6.45) is 1.60. The number of unbranched alkanes of at least 4 members (excludes halogenated alkanes) is 1. The van der Waals surface area contributed by atoms with Gasteiger partial charge >= 0.3 is 12.2 Å². The lowest BCUT2D eigenvalue weighted by atomic mass is 9.85. The summed E-state index contributed by atoms with van der Waals surface area (Å²) in [5.41, 5.74) is 12.4. The second-order valence-electron chi connectivity index (χ2n) is 10.7. The molecule has 37 heavy (non-hydrogen) atoms. The Morgan fingerprint density at radius 3 is 2.65 bits per heavy atom. The molecule has 1 aromatic rings. The number of hydrogen-bond acceptors (Lipinski definition) is 9. The van der Waals surface area contributed by atoms with Gasteiger partial charge in [-0.15, -0.1) is 0 Å². The Balaban J connectivity index is 1.92. The maximum Gasteiger partial charge on any atom is 0.412 e. The monoisotopic (exact) mass is 520 g/mol. The zero-order valence-electron chi connectivity index (χ0n) is 22.9. The Morgan fingerprint density at radius 1 is 1.38 bits per heavy atom. The number of carbonyl (C=O) groups is 2. The summed E-state index contributed by atoms with van der Waals surface area (Å²) in [4.78, 5) is 26.2. The van der Waals surface area contributed by atoms with E-state index in [2.05, 4.69) is 5.32 Å². The van der Waals surface area contributed by atoms with E-state index in [0.717, 1.165) is 0 Å². The average molecular weight is 521 g/mol. The first kappa shape index (κ1) is 30.2. The maximum absolute atomic E-state index is 12.6. The van der Waals surface area contributed by atoms with Gasteiger partial charge in [0.25, 0.3) is 0 Å². The van der Waals surface area contributed by atoms with Crippen molar-refractivity contribution >= 4 is 23.6 Å². The summed E-state index contributed by atoms with van der Waals surface area (Å²) in [5.74, 6) is 6.13. The van der Waals surface area contributed by atoms with Crippen molar-refractivity contribution in [3.63, 3.8) is 0 Å². The minimum atomic E-state index is -1.05. The minimum absolute atomic E-state index is 0.369. The topological polar surface area (TPSA) is 169 Å². The van der Waals surface area contributed by atoms with Crippen molar-refractivity contribution in [1.82, 2.24) is 9.91 Å². The Hall–Kier alpha value is -3.02. The van der Waals surface area contributed by atoms with E-state index in [-0.39, 0.29) is 6.04 Å². The van der Waals surface area contributed by atoms with Crippen molar-refractivity contribution in [3.05, 3.63) is 36.0 Å². The highest BCUT2D eigenvalue weighted by atomic mass is 16.6. The van der Waals surface area contributed by atoms with Gasteiger partial charge in [0.15, 0.2) is 5.60 Å². The number of amides is 2. The molecule has 11 heteroatoms. The molecule has 0 aliphatic carbocycles. The Bertz CT molecular complexity index is 963. The quantitative estimate of drug-likeness (QED) is 0.167. The summed E-state index contributed by atoms with van der Waals surface area (Å²) >= 11 is 0. The predicted molar refractivity (Wildman–Crippen MR) is 144 cm³/mol. The molecule has 0 radical (unpaired) electrons. The fourth-order valence-electron chi connectivity index (χ4n) is 4.53. The van der Waals surface area contributed by atoms with Crippen LogP contribution in [0.1, 0.15) is 66.4 Å². The molecular formula is C26H44N6O5. The molecule has 0 spiro atoms. The van der Waals surface area contributed by atoms with Gasteiger partial charge in [0.1, 0.15) is 5.60 Å². The molecule has 1 heterocycles. The van der Waals surface area contributed by atoms with E-state index < -0.39 is 35.5 Å². The van der Waals surface area contributed by atoms with Crippen molar-refractivity contribution < 1.29 is 24.2 Å². The van der Waals surface area contributed by atoms with Crippen LogP contribution in [0.25, 0.3) is 5.70 Å². The molecule has 1 fully saturated rings. The smallest absolute Gasteiger partial charge is 0.412 e. The largest absolute Gasteiger partial charge is 0.444 e. The van der Waals surface area contributed by atoms with Gasteiger partial charge in [-0.3, -0.25) is 10.2 Å². The molecular weight excluding hydrogens is 476 g/mol. The summed E-state index contributed by atoms with van der Waals surface area (Å²) < 4.78 is 10.9. The van der Waals surface area contributed by atoms with Gasteiger partial charge in [-0.25, -0.2) is 15.4 Å². The molecule has 0 unspecified atom stereocenters. The van der Waals surface area contributed by atoms with E-state index in [0.29, 0.717) is 49.3 Å². The van der Waals surface area contributed by atoms with E-state index in [1.165, 1.54) is 5.01 Å². The SMILES string of the molecule is CC[C@@H](O)[C@@]1(C)OC(=O)N(CCCCN(N)/C=C(\N)c2cccc(NC(=O)OC(C)(C)C)c2)[C@@H]1[C@@H](C)N. The fraction of sp³-hybridized carbons (Fsp3) is 0.615.